The Morgan fingerprint density at radius 1 is 1.07 bits per heavy atom. The van der Waals surface area contributed by atoms with Crippen molar-refractivity contribution in [2.75, 3.05) is 46.4 Å². The van der Waals surface area contributed by atoms with Crippen molar-refractivity contribution < 1.29 is 15.0 Å². The summed E-state index contributed by atoms with van der Waals surface area (Å²) < 4.78 is 0. The van der Waals surface area contributed by atoms with Crippen LogP contribution in [0.5, 0.6) is 0 Å². The van der Waals surface area contributed by atoms with Gasteiger partial charge in [0, 0.05) is 44.3 Å². The number of rotatable bonds is 7. The molecule has 28 heavy (non-hydrogen) atoms. The van der Waals surface area contributed by atoms with Crippen molar-refractivity contribution in [3.05, 3.63) is 59.7 Å². The van der Waals surface area contributed by atoms with E-state index >= 15 is 0 Å². The van der Waals surface area contributed by atoms with Gasteiger partial charge in [-0.25, -0.2) is 0 Å². The Morgan fingerprint density at radius 2 is 1.79 bits per heavy atom. The van der Waals surface area contributed by atoms with Gasteiger partial charge in [-0.3, -0.25) is 4.79 Å². The molecule has 1 aliphatic heterocycles. The van der Waals surface area contributed by atoms with E-state index in [-0.39, 0.29) is 31.0 Å². The number of aliphatic hydroxyl groups is 2. The molecule has 0 saturated carbocycles. The third-order valence-electron chi connectivity index (χ3n) is 5.62. The minimum atomic E-state index is 0.0136. The van der Waals surface area contributed by atoms with Gasteiger partial charge in [0.2, 0.25) is 0 Å². The lowest BCUT2D eigenvalue weighted by Crippen LogP contribution is -2.33. The highest BCUT2D eigenvalue weighted by atomic mass is 16.3. The largest absolute Gasteiger partial charge is 0.396 e. The Hall–Kier alpha value is -2.21. The van der Waals surface area contributed by atoms with Gasteiger partial charge in [0.05, 0.1) is 6.61 Å². The molecule has 0 radical (unpaired) electrons. The monoisotopic (exact) mass is 382 g/mol. The van der Waals surface area contributed by atoms with E-state index in [0.29, 0.717) is 25.2 Å². The van der Waals surface area contributed by atoms with Gasteiger partial charge in [-0.15, -0.1) is 0 Å². The van der Waals surface area contributed by atoms with Crippen LogP contribution < -0.4 is 0 Å². The summed E-state index contributed by atoms with van der Waals surface area (Å²) in [6.45, 7) is 4.81. The lowest BCUT2D eigenvalue weighted by molar-refractivity contribution is 0.0779. The van der Waals surface area contributed by atoms with Crippen LogP contribution in [0.1, 0.15) is 15.9 Å². The number of carbonyl (C=O) groups excluding carboxylic acids is 1. The summed E-state index contributed by atoms with van der Waals surface area (Å²) in [6.07, 6.45) is 0. The molecular formula is C23H30N2O3. The molecule has 2 N–H and O–H groups in total. The predicted octanol–water partition coefficient (Wildman–Crippen LogP) is 2.27. The summed E-state index contributed by atoms with van der Waals surface area (Å²) in [4.78, 5) is 17.0. The van der Waals surface area contributed by atoms with Crippen LogP contribution >= 0.6 is 0 Å². The normalized spacial score (nSPS) is 19.4. The lowest BCUT2D eigenvalue weighted by atomic mass is 9.96. The Balaban J connectivity index is 1.73. The van der Waals surface area contributed by atoms with Gasteiger partial charge in [-0.05, 0) is 43.1 Å². The van der Waals surface area contributed by atoms with E-state index in [4.69, 9.17) is 5.11 Å². The first-order valence-corrected chi connectivity index (χ1v) is 9.88. The average molecular weight is 383 g/mol. The summed E-state index contributed by atoms with van der Waals surface area (Å²) in [5.41, 5.74) is 4.01. The number of aryl methyl sites for hydroxylation is 1. The molecule has 0 spiro atoms. The number of likely N-dealkylation sites (N-methyl/N-ethyl adjacent to an activating group) is 1. The van der Waals surface area contributed by atoms with Gasteiger partial charge in [0.1, 0.15) is 0 Å². The number of hydrogen-bond acceptors (Lipinski definition) is 4. The Morgan fingerprint density at radius 3 is 2.46 bits per heavy atom. The number of aliphatic hydroxyl groups excluding tert-OH is 2. The lowest BCUT2D eigenvalue weighted by Gasteiger charge is -2.23. The molecule has 150 valence electrons. The molecular weight excluding hydrogens is 352 g/mol. The van der Waals surface area contributed by atoms with E-state index in [0.717, 1.165) is 17.7 Å². The van der Waals surface area contributed by atoms with Crippen LogP contribution in [-0.4, -0.2) is 72.4 Å². The van der Waals surface area contributed by atoms with Gasteiger partial charge in [0.15, 0.2) is 0 Å². The van der Waals surface area contributed by atoms with Crippen molar-refractivity contribution >= 4 is 5.91 Å². The smallest absolute Gasteiger partial charge is 0.253 e. The van der Waals surface area contributed by atoms with E-state index < -0.39 is 0 Å². The van der Waals surface area contributed by atoms with Crippen molar-refractivity contribution in [1.29, 1.82) is 0 Å². The van der Waals surface area contributed by atoms with Crippen molar-refractivity contribution in [3.63, 3.8) is 0 Å². The Kier molecular flexibility index (Phi) is 6.83. The maximum absolute atomic E-state index is 13.1. The van der Waals surface area contributed by atoms with Crippen LogP contribution in [0.2, 0.25) is 0 Å². The van der Waals surface area contributed by atoms with Crippen molar-refractivity contribution in [1.82, 2.24) is 9.80 Å². The molecule has 2 atom stereocenters. The molecule has 5 nitrogen and oxygen atoms in total. The molecule has 1 fully saturated rings. The quantitative estimate of drug-likeness (QED) is 0.771. The Bertz CT molecular complexity index is 791. The molecule has 3 rings (SSSR count). The van der Waals surface area contributed by atoms with Crippen molar-refractivity contribution in [2.24, 2.45) is 11.8 Å². The third-order valence-corrected chi connectivity index (χ3v) is 5.62. The fraction of sp³-hybridized carbons (Fsp3) is 0.435. The number of benzene rings is 2. The highest BCUT2D eigenvalue weighted by Crippen LogP contribution is 2.27. The first-order chi connectivity index (χ1) is 13.5. The maximum atomic E-state index is 13.1. The topological polar surface area (TPSA) is 64.0 Å². The van der Waals surface area contributed by atoms with E-state index in [2.05, 4.69) is 36.1 Å². The van der Waals surface area contributed by atoms with Crippen LogP contribution in [0.15, 0.2) is 48.5 Å². The highest BCUT2D eigenvalue weighted by Gasteiger charge is 2.35. The molecule has 0 bridgehead atoms. The summed E-state index contributed by atoms with van der Waals surface area (Å²) >= 11 is 0. The predicted molar refractivity (Wildman–Crippen MR) is 111 cm³/mol. The van der Waals surface area contributed by atoms with Gasteiger partial charge >= 0.3 is 0 Å². The summed E-state index contributed by atoms with van der Waals surface area (Å²) in [6, 6.07) is 16.1. The number of amides is 1. The highest BCUT2D eigenvalue weighted by molar-refractivity contribution is 5.95. The molecule has 0 aliphatic carbocycles. The zero-order valence-electron chi connectivity index (χ0n) is 16.7. The molecule has 0 unspecified atom stereocenters. The summed E-state index contributed by atoms with van der Waals surface area (Å²) in [7, 11) is 1.96. The van der Waals surface area contributed by atoms with Gasteiger partial charge in [0.25, 0.3) is 5.91 Å². The second kappa shape index (κ2) is 9.32. The van der Waals surface area contributed by atoms with E-state index in [9.17, 15) is 9.90 Å². The zero-order valence-corrected chi connectivity index (χ0v) is 16.7. The molecule has 1 heterocycles. The second-order valence-corrected chi connectivity index (χ2v) is 7.85. The first kappa shape index (κ1) is 20.5. The van der Waals surface area contributed by atoms with Crippen LogP contribution in [0.4, 0.5) is 0 Å². The van der Waals surface area contributed by atoms with Crippen LogP contribution in [0.25, 0.3) is 11.1 Å². The molecule has 2 aromatic carbocycles. The van der Waals surface area contributed by atoms with Gasteiger partial charge in [-0.2, -0.15) is 0 Å². The fourth-order valence-corrected chi connectivity index (χ4v) is 3.94. The van der Waals surface area contributed by atoms with Gasteiger partial charge in [-0.1, -0.05) is 42.0 Å². The minimum absolute atomic E-state index is 0.0136. The third kappa shape index (κ3) is 4.79. The molecule has 0 aromatic heterocycles. The fourth-order valence-electron chi connectivity index (χ4n) is 3.94. The number of carbonyl (C=O) groups is 1. The Labute approximate surface area is 167 Å². The number of likely N-dealkylation sites (tertiary alicyclic amines) is 1. The molecule has 5 heteroatoms. The zero-order chi connectivity index (χ0) is 20.1. The average Bonchev–Trinajstić information content (AvgIpc) is 3.11. The summed E-state index contributed by atoms with van der Waals surface area (Å²) in [5, 5.41) is 18.9. The van der Waals surface area contributed by atoms with Crippen molar-refractivity contribution in [3.8, 4) is 11.1 Å². The maximum Gasteiger partial charge on any atom is 0.253 e. The minimum Gasteiger partial charge on any atom is -0.396 e. The second-order valence-electron chi connectivity index (χ2n) is 7.85. The first-order valence-electron chi connectivity index (χ1n) is 9.88. The van der Waals surface area contributed by atoms with Gasteiger partial charge < -0.3 is 20.0 Å². The van der Waals surface area contributed by atoms with Crippen LogP contribution in [-0.2, 0) is 0 Å². The molecule has 1 saturated heterocycles. The van der Waals surface area contributed by atoms with Crippen LogP contribution in [0.3, 0.4) is 0 Å². The standard InChI is InChI=1S/C23H30N2O3/c1-17-6-8-18(9-7-17)19-4-3-5-20(12-19)23(28)25-14-21(22(15-25)16-27)13-24(2)10-11-26/h3-9,12,21-22,26-27H,10-11,13-16H2,1-2H3/t21-,22-/m1/s1. The van der Waals surface area contributed by atoms with Crippen LogP contribution in [0, 0.1) is 18.8 Å². The molecule has 1 amide bonds. The van der Waals surface area contributed by atoms with Crippen molar-refractivity contribution in [2.45, 2.75) is 6.92 Å². The number of hydrogen-bond donors (Lipinski definition) is 2. The SMILES string of the molecule is Cc1ccc(-c2cccc(C(=O)N3C[C@@H](CN(C)CCO)[C@@H](CO)C3)c2)cc1. The van der Waals surface area contributed by atoms with E-state index in [1.807, 2.05) is 36.2 Å². The molecule has 2 aromatic rings. The van der Waals surface area contributed by atoms with E-state index in [1.54, 1.807) is 0 Å². The summed E-state index contributed by atoms with van der Waals surface area (Å²) in [5.74, 6) is 0.302. The number of nitrogens with zero attached hydrogens (tertiary/aromatic N) is 2. The van der Waals surface area contributed by atoms with E-state index in [1.165, 1.54) is 5.56 Å². The molecule has 1 aliphatic rings.